The van der Waals surface area contributed by atoms with Crippen LogP contribution in [0.3, 0.4) is 0 Å². The number of hydrogen-bond acceptors (Lipinski definition) is 3. The number of hydrogen-bond donors (Lipinski definition) is 2. The standard InChI is InChI=1S/C19H23N3O/c1-14-6-8-15(9-7-14)12-20-17-10-11-18(21-13-17)19(23)22-16-4-2-3-5-16/h6-11,13,16,20H,2-5,12H2,1H3,(H,22,23). The summed E-state index contributed by atoms with van der Waals surface area (Å²) in [5, 5.41) is 6.38. The molecule has 0 spiro atoms. The van der Waals surface area contributed by atoms with Gasteiger partial charge in [0.15, 0.2) is 0 Å². The number of nitrogens with one attached hydrogen (secondary N) is 2. The molecule has 0 aliphatic heterocycles. The SMILES string of the molecule is Cc1ccc(CNc2ccc(C(=O)NC3CCCC3)nc2)cc1. The normalized spacial score (nSPS) is 14.7. The molecule has 1 saturated carbocycles. The third-order valence-electron chi connectivity index (χ3n) is 4.30. The number of rotatable bonds is 5. The Morgan fingerprint density at radius 3 is 2.52 bits per heavy atom. The maximum Gasteiger partial charge on any atom is 0.270 e. The lowest BCUT2D eigenvalue weighted by Gasteiger charge is -2.12. The Morgan fingerprint density at radius 1 is 1.13 bits per heavy atom. The average Bonchev–Trinajstić information content (AvgIpc) is 3.08. The number of carbonyl (C=O) groups excluding carboxylic acids is 1. The van der Waals surface area contributed by atoms with E-state index < -0.39 is 0 Å². The number of aryl methyl sites for hydroxylation is 1. The number of benzene rings is 1. The minimum atomic E-state index is -0.0676. The van der Waals surface area contributed by atoms with Gasteiger partial charge in [0.2, 0.25) is 0 Å². The van der Waals surface area contributed by atoms with Crippen LogP contribution in [0.4, 0.5) is 5.69 Å². The van der Waals surface area contributed by atoms with E-state index in [4.69, 9.17) is 0 Å². The highest BCUT2D eigenvalue weighted by Gasteiger charge is 2.18. The summed E-state index contributed by atoms with van der Waals surface area (Å²) in [5.41, 5.74) is 3.88. The Labute approximate surface area is 137 Å². The van der Waals surface area contributed by atoms with Crippen molar-refractivity contribution < 1.29 is 4.79 Å². The van der Waals surface area contributed by atoms with Crippen molar-refractivity contribution in [3.63, 3.8) is 0 Å². The quantitative estimate of drug-likeness (QED) is 0.886. The summed E-state index contributed by atoms with van der Waals surface area (Å²) >= 11 is 0. The number of aromatic nitrogens is 1. The highest BCUT2D eigenvalue weighted by atomic mass is 16.1. The van der Waals surface area contributed by atoms with Crippen molar-refractivity contribution >= 4 is 11.6 Å². The summed E-state index contributed by atoms with van der Waals surface area (Å²) in [6, 6.07) is 12.4. The Bertz CT molecular complexity index is 643. The van der Waals surface area contributed by atoms with Crippen molar-refractivity contribution in [1.29, 1.82) is 0 Å². The lowest BCUT2D eigenvalue weighted by molar-refractivity contribution is 0.0933. The monoisotopic (exact) mass is 309 g/mol. The zero-order chi connectivity index (χ0) is 16.1. The highest BCUT2D eigenvalue weighted by Crippen LogP contribution is 2.18. The van der Waals surface area contributed by atoms with Gasteiger partial charge in [-0.25, -0.2) is 4.98 Å². The predicted molar refractivity (Wildman–Crippen MR) is 92.5 cm³/mol. The van der Waals surface area contributed by atoms with Crippen LogP contribution in [0, 0.1) is 6.92 Å². The van der Waals surface area contributed by atoms with Gasteiger partial charge >= 0.3 is 0 Å². The molecule has 1 aliphatic rings. The second-order valence-corrected chi connectivity index (χ2v) is 6.23. The zero-order valence-electron chi connectivity index (χ0n) is 13.5. The van der Waals surface area contributed by atoms with Crippen LogP contribution in [0.1, 0.15) is 47.3 Å². The van der Waals surface area contributed by atoms with Gasteiger partial charge in [0.25, 0.3) is 5.91 Å². The van der Waals surface area contributed by atoms with Crippen LogP contribution in [-0.2, 0) is 6.54 Å². The first kappa shape index (κ1) is 15.5. The van der Waals surface area contributed by atoms with Crippen LogP contribution in [0.5, 0.6) is 0 Å². The van der Waals surface area contributed by atoms with Crippen LogP contribution in [0.2, 0.25) is 0 Å². The van der Waals surface area contributed by atoms with Gasteiger partial charge < -0.3 is 10.6 Å². The van der Waals surface area contributed by atoms with E-state index in [1.807, 2.05) is 6.07 Å². The zero-order valence-corrected chi connectivity index (χ0v) is 13.5. The molecule has 3 rings (SSSR count). The van der Waals surface area contributed by atoms with Gasteiger partial charge in [-0.05, 0) is 37.5 Å². The summed E-state index contributed by atoms with van der Waals surface area (Å²) in [4.78, 5) is 16.4. The first-order valence-electron chi connectivity index (χ1n) is 8.27. The third-order valence-corrected chi connectivity index (χ3v) is 4.30. The molecule has 1 aromatic carbocycles. The first-order chi connectivity index (χ1) is 11.2. The van der Waals surface area contributed by atoms with Crippen LogP contribution in [0.15, 0.2) is 42.6 Å². The molecule has 0 radical (unpaired) electrons. The Morgan fingerprint density at radius 2 is 1.87 bits per heavy atom. The van der Waals surface area contributed by atoms with Crippen molar-refractivity contribution in [3.8, 4) is 0 Å². The lowest BCUT2D eigenvalue weighted by Crippen LogP contribution is -2.33. The summed E-state index contributed by atoms with van der Waals surface area (Å²) in [7, 11) is 0. The molecule has 1 fully saturated rings. The summed E-state index contributed by atoms with van der Waals surface area (Å²) in [5.74, 6) is -0.0676. The maximum absolute atomic E-state index is 12.1. The van der Waals surface area contributed by atoms with E-state index in [-0.39, 0.29) is 5.91 Å². The van der Waals surface area contributed by atoms with E-state index in [2.05, 4.69) is 46.8 Å². The molecular formula is C19H23N3O. The predicted octanol–water partition coefficient (Wildman–Crippen LogP) is 3.67. The van der Waals surface area contributed by atoms with Crippen molar-refractivity contribution in [1.82, 2.24) is 10.3 Å². The molecule has 0 atom stereocenters. The van der Waals surface area contributed by atoms with E-state index in [1.54, 1.807) is 12.3 Å². The van der Waals surface area contributed by atoms with Crippen molar-refractivity contribution in [2.45, 2.75) is 45.2 Å². The lowest BCUT2D eigenvalue weighted by atomic mass is 10.1. The molecule has 1 heterocycles. The van der Waals surface area contributed by atoms with E-state index in [0.29, 0.717) is 11.7 Å². The summed E-state index contributed by atoms with van der Waals surface area (Å²) in [6.45, 7) is 2.83. The summed E-state index contributed by atoms with van der Waals surface area (Å²) < 4.78 is 0. The smallest absolute Gasteiger partial charge is 0.270 e. The second kappa shape index (κ2) is 7.27. The van der Waals surface area contributed by atoms with Crippen LogP contribution in [0.25, 0.3) is 0 Å². The van der Waals surface area contributed by atoms with Gasteiger partial charge in [-0.15, -0.1) is 0 Å². The molecule has 0 saturated heterocycles. The number of pyridine rings is 1. The Balaban J connectivity index is 1.53. The molecule has 4 heteroatoms. The fourth-order valence-corrected chi connectivity index (χ4v) is 2.87. The molecular weight excluding hydrogens is 286 g/mol. The van der Waals surface area contributed by atoms with E-state index in [0.717, 1.165) is 25.1 Å². The molecule has 2 N–H and O–H groups in total. The number of amides is 1. The molecule has 1 aromatic heterocycles. The number of nitrogens with zero attached hydrogens (tertiary/aromatic N) is 1. The van der Waals surface area contributed by atoms with Gasteiger partial charge in [0.05, 0.1) is 11.9 Å². The maximum atomic E-state index is 12.1. The average molecular weight is 309 g/mol. The minimum absolute atomic E-state index is 0.0676. The first-order valence-corrected chi connectivity index (χ1v) is 8.27. The molecule has 1 amide bonds. The molecule has 120 valence electrons. The van der Waals surface area contributed by atoms with Crippen molar-refractivity contribution in [2.24, 2.45) is 0 Å². The van der Waals surface area contributed by atoms with Gasteiger partial charge in [-0.2, -0.15) is 0 Å². The molecule has 4 nitrogen and oxygen atoms in total. The van der Waals surface area contributed by atoms with Crippen LogP contribution in [-0.4, -0.2) is 16.9 Å². The Hall–Kier alpha value is -2.36. The minimum Gasteiger partial charge on any atom is -0.380 e. The number of anilines is 1. The fraction of sp³-hybridized carbons (Fsp3) is 0.368. The summed E-state index contributed by atoms with van der Waals surface area (Å²) in [6.07, 6.45) is 6.31. The van der Waals surface area contributed by atoms with E-state index >= 15 is 0 Å². The molecule has 0 unspecified atom stereocenters. The fourth-order valence-electron chi connectivity index (χ4n) is 2.87. The van der Waals surface area contributed by atoms with E-state index in [1.165, 1.54) is 24.0 Å². The highest BCUT2D eigenvalue weighted by molar-refractivity contribution is 5.92. The second-order valence-electron chi connectivity index (χ2n) is 6.23. The van der Waals surface area contributed by atoms with Crippen LogP contribution >= 0.6 is 0 Å². The van der Waals surface area contributed by atoms with Gasteiger partial charge in [-0.1, -0.05) is 42.7 Å². The van der Waals surface area contributed by atoms with Crippen molar-refractivity contribution in [2.75, 3.05) is 5.32 Å². The topological polar surface area (TPSA) is 54.0 Å². The number of carbonyl (C=O) groups is 1. The van der Waals surface area contributed by atoms with Crippen LogP contribution < -0.4 is 10.6 Å². The molecule has 23 heavy (non-hydrogen) atoms. The Kier molecular flexibility index (Phi) is 4.91. The van der Waals surface area contributed by atoms with Gasteiger partial charge in [0.1, 0.15) is 5.69 Å². The third kappa shape index (κ3) is 4.31. The molecule has 2 aromatic rings. The molecule has 0 bridgehead atoms. The van der Waals surface area contributed by atoms with Gasteiger partial charge in [-0.3, -0.25) is 4.79 Å². The molecule has 1 aliphatic carbocycles. The largest absolute Gasteiger partial charge is 0.380 e. The van der Waals surface area contributed by atoms with Crippen molar-refractivity contribution in [3.05, 3.63) is 59.4 Å². The van der Waals surface area contributed by atoms with Gasteiger partial charge in [0, 0.05) is 12.6 Å². The van der Waals surface area contributed by atoms with E-state index in [9.17, 15) is 4.79 Å².